The number of para-hydroxylation sites is 1. The average molecular weight is 434 g/mol. The van der Waals surface area contributed by atoms with Gasteiger partial charge in [-0.05, 0) is 85.8 Å². The first-order valence-corrected chi connectivity index (χ1v) is 11.8. The first-order chi connectivity index (χ1) is 14.8. The van der Waals surface area contributed by atoms with E-state index in [9.17, 15) is 4.79 Å². The fraction of sp³-hybridized carbons (Fsp3) is 0.385. The molecule has 2 aliphatic rings. The summed E-state index contributed by atoms with van der Waals surface area (Å²) in [5.74, 6) is 0.531. The summed E-state index contributed by atoms with van der Waals surface area (Å²) in [5.41, 5.74) is 4.73. The molecule has 1 fully saturated rings. The third kappa shape index (κ3) is 4.29. The summed E-state index contributed by atoms with van der Waals surface area (Å²) in [7, 11) is 2.17. The smallest absolute Gasteiger partial charge is 0.266 e. The summed E-state index contributed by atoms with van der Waals surface area (Å²) >= 11 is 1.47. The zero-order valence-corrected chi connectivity index (χ0v) is 19.9. The lowest BCUT2D eigenvalue weighted by Gasteiger charge is -2.45. The molecule has 0 spiro atoms. The second-order valence-corrected chi connectivity index (χ2v) is 10.1. The predicted octanol–water partition coefficient (Wildman–Crippen LogP) is 6.42. The minimum Gasteiger partial charge on any atom is -0.369 e. The van der Waals surface area contributed by atoms with E-state index in [1.165, 1.54) is 23.0 Å². The molecule has 0 bridgehead atoms. The largest absolute Gasteiger partial charge is 0.369 e. The van der Waals surface area contributed by atoms with Crippen molar-refractivity contribution < 1.29 is 4.79 Å². The third-order valence-electron chi connectivity index (χ3n) is 6.27. The molecule has 1 unspecified atom stereocenters. The second kappa shape index (κ2) is 8.54. The predicted molar refractivity (Wildman–Crippen MR) is 133 cm³/mol. The normalized spacial score (nSPS) is 23.0. The van der Waals surface area contributed by atoms with Crippen molar-refractivity contribution in [1.29, 1.82) is 0 Å². The van der Waals surface area contributed by atoms with E-state index in [2.05, 4.69) is 57.8 Å². The van der Waals surface area contributed by atoms with Crippen LogP contribution in [0, 0.1) is 0 Å². The average Bonchev–Trinajstić information content (AvgIpc) is 3.02. The Morgan fingerprint density at radius 2 is 1.94 bits per heavy atom. The Labute approximate surface area is 190 Å². The van der Waals surface area contributed by atoms with Crippen LogP contribution in [0.1, 0.15) is 57.6 Å². The van der Waals surface area contributed by atoms with Gasteiger partial charge in [0, 0.05) is 24.8 Å². The van der Waals surface area contributed by atoms with E-state index >= 15 is 0 Å². The molecular weight excluding hydrogens is 402 g/mol. The summed E-state index contributed by atoms with van der Waals surface area (Å²) in [6.45, 7) is 9.66. The van der Waals surface area contributed by atoms with Crippen molar-refractivity contribution in [2.75, 3.05) is 18.5 Å². The van der Waals surface area contributed by atoms with Crippen molar-refractivity contribution in [3.05, 3.63) is 64.6 Å². The Hall–Kier alpha value is -2.53. The van der Waals surface area contributed by atoms with Crippen LogP contribution in [0.3, 0.4) is 0 Å². The van der Waals surface area contributed by atoms with Crippen molar-refractivity contribution >= 4 is 40.3 Å². The number of amidine groups is 1. The molecule has 0 aliphatic carbocycles. The van der Waals surface area contributed by atoms with Gasteiger partial charge < -0.3 is 4.90 Å². The van der Waals surface area contributed by atoms with Gasteiger partial charge in [0.15, 0.2) is 5.17 Å². The number of nitrogens with zero attached hydrogens (tertiary/aromatic N) is 3. The topological polar surface area (TPSA) is 35.9 Å². The molecule has 2 aliphatic heterocycles. The number of fused-ring (bicyclic) bond motifs is 1. The van der Waals surface area contributed by atoms with Crippen LogP contribution in [-0.4, -0.2) is 35.1 Å². The van der Waals surface area contributed by atoms with Crippen molar-refractivity contribution in [3.63, 3.8) is 0 Å². The van der Waals surface area contributed by atoms with E-state index in [0.717, 1.165) is 34.2 Å². The van der Waals surface area contributed by atoms with Gasteiger partial charge in [0.25, 0.3) is 5.91 Å². The summed E-state index contributed by atoms with van der Waals surface area (Å²) < 4.78 is 0. The number of amides is 1. The summed E-state index contributed by atoms with van der Waals surface area (Å²) in [5, 5.41) is 0.761. The lowest BCUT2D eigenvalue weighted by atomic mass is 9.80. The highest BCUT2D eigenvalue weighted by atomic mass is 32.2. The van der Waals surface area contributed by atoms with Crippen molar-refractivity contribution in [1.82, 2.24) is 4.90 Å². The first-order valence-electron chi connectivity index (χ1n) is 11.0. The van der Waals surface area contributed by atoms with Crippen LogP contribution < -0.4 is 4.90 Å². The highest BCUT2D eigenvalue weighted by Crippen LogP contribution is 2.43. The van der Waals surface area contributed by atoms with Gasteiger partial charge in [-0.15, -0.1) is 0 Å². The Morgan fingerprint density at radius 1 is 1.19 bits per heavy atom. The quantitative estimate of drug-likeness (QED) is 0.522. The molecule has 2 heterocycles. The Kier molecular flexibility index (Phi) is 5.98. The van der Waals surface area contributed by atoms with Gasteiger partial charge in [0.05, 0.1) is 10.6 Å². The van der Waals surface area contributed by atoms with Crippen LogP contribution in [0.15, 0.2) is 58.4 Å². The lowest BCUT2D eigenvalue weighted by Crippen LogP contribution is -2.45. The maximum absolute atomic E-state index is 13.1. The SMILES string of the molecule is CCCN1C(=O)/C(=C/c2ccc3c(c2)C(C)CC(C)(C)N3C)SC1=Nc1ccccc1. The highest BCUT2D eigenvalue weighted by molar-refractivity contribution is 8.18. The summed E-state index contributed by atoms with van der Waals surface area (Å²) in [6.07, 6.45) is 4.03. The number of aliphatic imine (C=N–C) groups is 1. The molecule has 31 heavy (non-hydrogen) atoms. The molecule has 2 aromatic rings. The fourth-order valence-corrected chi connectivity index (χ4v) is 5.49. The zero-order chi connectivity index (χ0) is 22.2. The molecule has 1 amide bonds. The number of anilines is 1. The number of rotatable bonds is 4. The third-order valence-corrected chi connectivity index (χ3v) is 7.28. The first kappa shape index (κ1) is 21.7. The van der Waals surface area contributed by atoms with E-state index in [1.807, 2.05) is 36.4 Å². The van der Waals surface area contributed by atoms with Gasteiger partial charge in [-0.2, -0.15) is 0 Å². The lowest BCUT2D eigenvalue weighted by molar-refractivity contribution is -0.122. The zero-order valence-electron chi connectivity index (χ0n) is 19.1. The number of hydrogen-bond acceptors (Lipinski definition) is 4. The van der Waals surface area contributed by atoms with Crippen LogP contribution >= 0.6 is 11.8 Å². The monoisotopic (exact) mass is 433 g/mol. The molecule has 4 rings (SSSR count). The number of benzene rings is 2. The fourth-order valence-electron chi connectivity index (χ4n) is 4.46. The van der Waals surface area contributed by atoms with Crippen molar-refractivity contribution in [2.24, 2.45) is 4.99 Å². The summed E-state index contributed by atoms with van der Waals surface area (Å²) in [4.78, 5) is 22.8. The van der Waals surface area contributed by atoms with Gasteiger partial charge in [-0.3, -0.25) is 9.69 Å². The van der Waals surface area contributed by atoms with E-state index in [-0.39, 0.29) is 11.4 Å². The Balaban J connectivity index is 1.67. The maximum Gasteiger partial charge on any atom is 0.266 e. The van der Waals surface area contributed by atoms with Crippen LogP contribution in [0.4, 0.5) is 11.4 Å². The van der Waals surface area contributed by atoms with Gasteiger partial charge in [-0.1, -0.05) is 38.1 Å². The van der Waals surface area contributed by atoms with Gasteiger partial charge in [0.2, 0.25) is 0 Å². The molecule has 0 saturated carbocycles. The van der Waals surface area contributed by atoms with E-state index in [0.29, 0.717) is 12.5 Å². The van der Waals surface area contributed by atoms with E-state index in [4.69, 9.17) is 4.99 Å². The Morgan fingerprint density at radius 3 is 2.65 bits per heavy atom. The molecule has 4 nitrogen and oxygen atoms in total. The van der Waals surface area contributed by atoms with Crippen molar-refractivity contribution in [3.8, 4) is 0 Å². The molecule has 162 valence electrons. The number of carbonyl (C=O) groups excluding carboxylic acids is 1. The van der Waals surface area contributed by atoms with Gasteiger partial charge >= 0.3 is 0 Å². The van der Waals surface area contributed by atoms with Crippen LogP contribution in [0.5, 0.6) is 0 Å². The minimum atomic E-state index is 0.0468. The van der Waals surface area contributed by atoms with Crippen LogP contribution in [0.25, 0.3) is 6.08 Å². The molecule has 1 saturated heterocycles. The van der Waals surface area contributed by atoms with Crippen molar-refractivity contribution in [2.45, 2.75) is 52.0 Å². The molecule has 0 radical (unpaired) electrons. The molecule has 5 heteroatoms. The number of carbonyl (C=O) groups is 1. The Bertz CT molecular complexity index is 1040. The highest BCUT2D eigenvalue weighted by Gasteiger charge is 2.35. The van der Waals surface area contributed by atoms with Crippen LogP contribution in [0.2, 0.25) is 0 Å². The standard InChI is InChI=1S/C26H31N3OS/c1-6-14-29-24(30)23(31-25(29)27-20-10-8-7-9-11-20)16-19-12-13-22-21(15-19)18(2)17-26(3,4)28(22)5/h7-13,15-16,18H,6,14,17H2,1-5H3/b23-16-,27-25?. The van der Waals surface area contributed by atoms with Gasteiger partial charge in [-0.25, -0.2) is 4.99 Å². The maximum atomic E-state index is 13.1. The molecule has 1 atom stereocenters. The molecular formula is C26H31N3OS. The minimum absolute atomic E-state index is 0.0468. The number of thioether (sulfide) groups is 1. The second-order valence-electron chi connectivity index (χ2n) is 9.09. The van der Waals surface area contributed by atoms with Gasteiger partial charge in [0.1, 0.15) is 0 Å². The molecule has 2 aromatic carbocycles. The molecule has 0 aromatic heterocycles. The van der Waals surface area contributed by atoms with E-state index in [1.54, 1.807) is 4.90 Å². The summed E-state index contributed by atoms with van der Waals surface area (Å²) in [6, 6.07) is 16.4. The van der Waals surface area contributed by atoms with Crippen LogP contribution in [-0.2, 0) is 4.79 Å². The van der Waals surface area contributed by atoms with E-state index < -0.39 is 0 Å². The molecule has 0 N–H and O–H groups in total. The number of hydrogen-bond donors (Lipinski definition) is 0.